The lowest BCUT2D eigenvalue weighted by molar-refractivity contribution is -0.120. The van der Waals surface area contributed by atoms with Gasteiger partial charge < -0.3 is 9.88 Å². The fourth-order valence-corrected chi connectivity index (χ4v) is 2.70. The van der Waals surface area contributed by atoms with E-state index in [1.54, 1.807) is 18.0 Å². The average Bonchev–Trinajstić information content (AvgIpc) is 3.05. The lowest BCUT2D eigenvalue weighted by Gasteiger charge is -2.15. The minimum atomic E-state index is 0.00848. The van der Waals surface area contributed by atoms with Gasteiger partial charge in [0, 0.05) is 36.1 Å². The van der Waals surface area contributed by atoms with Gasteiger partial charge in [0.1, 0.15) is 5.78 Å². The van der Waals surface area contributed by atoms with E-state index in [4.69, 9.17) is 0 Å². The van der Waals surface area contributed by atoms with Crippen molar-refractivity contribution in [2.75, 3.05) is 13.1 Å². The zero-order valence-corrected chi connectivity index (χ0v) is 10.8. The summed E-state index contributed by atoms with van der Waals surface area (Å²) in [6.45, 7) is 2.82. The lowest BCUT2D eigenvalue weighted by atomic mass is 10.1. The van der Waals surface area contributed by atoms with Crippen LogP contribution in [0.2, 0.25) is 0 Å². The molecule has 0 aliphatic carbocycles. The van der Waals surface area contributed by atoms with Gasteiger partial charge in [-0.05, 0) is 19.4 Å². The molecule has 4 nitrogen and oxygen atoms in total. The van der Waals surface area contributed by atoms with Crippen molar-refractivity contribution < 1.29 is 9.59 Å². The molecule has 1 fully saturated rings. The number of amides is 1. The minimum absolute atomic E-state index is 0.00848. The first kappa shape index (κ1) is 12.0. The molecular weight excluding hydrogens is 240 g/mol. The van der Waals surface area contributed by atoms with Crippen molar-refractivity contribution >= 4 is 22.6 Å². The summed E-state index contributed by atoms with van der Waals surface area (Å²) < 4.78 is 0. The van der Waals surface area contributed by atoms with Crippen LogP contribution < -0.4 is 0 Å². The second-order valence-electron chi connectivity index (χ2n) is 5.10. The molecule has 19 heavy (non-hydrogen) atoms. The Labute approximate surface area is 111 Å². The van der Waals surface area contributed by atoms with Crippen LogP contribution in [0.3, 0.4) is 0 Å². The van der Waals surface area contributed by atoms with Gasteiger partial charge in [0.15, 0.2) is 0 Å². The number of fused-ring (bicyclic) bond motifs is 1. The number of carbonyl (C=O) groups excluding carboxylic acids is 2. The third-order valence-electron chi connectivity index (χ3n) is 3.87. The summed E-state index contributed by atoms with van der Waals surface area (Å²) in [5, 5.41) is 0.943. The first-order valence-corrected chi connectivity index (χ1v) is 6.52. The van der Waals surface area contributed by atoms with Gasteiger partial charge in [-0.3, -0.25) is 9.59 Å². The van der Waals surface area contributed by atoms with Crippen LogP contribution in [0.15, 0.2) is 30.5 Å². The normalized spacial score (nSPS) is 19.0. The van der Waals surface area contributed by atoms with Gasteiger partial charge >= 0.3 is 0 Å². The summed E-state index contributed by atoms with van der Waals surface area (Å²) in [6.07, 6.45) is 2.54. The lowest BCUT2D eigenvalue weighted by Crippen LogP contribution is -2.29. The Bertz CT molecular complexity index is 644. The minimum Gasteiger partial charge on any atom is -0.360 e. The third kappa shape index (κ3) is 2.03. The van der Waals surface area contributed by atoms with E-state index in [1.165, 1.54) is 0 Å². The molecular formula is C15H16N2O2. The number of rotatable bonds is 2. The van der Waals surface area contributed by atoms with Crippen molar-refractivity contribution in [3.05, 3.63) is 36.0 Å². The molecule has 0 saturated carbocycles. The van der Waals surface area contributed by atoms with E-state index in [1.807, 2.05) is 24.3 Å². The molecule has 2 heterocycles. The first-order valence-electron chi connectivity index (χ1n) is 6.52. The molecule has 1 saturated heterocycles. The van der Waals surface area contributed by atoms with E-state index in [0.717, 1.165) is 17.3 Å². The summed E-state index contributed by atoms with van der Waals surface area (Å²) in [5.74, 6) is 0.199. The Balaban J connectivity index is 1.87. The fourth-order valence-electron chi connectivity index (χ4n) is 2.70. The number of benzene rings is 1. The van der Waals surface area contributed by atoms with Gasteiger partial charge in [-0.15, -0.1) is 0 Å². The largest absolute Gasteiger partial charge is 0.360 e. The maximum Gasteiger partial charge on any atom is 0.256 e. The number of hydrogen-bond acceptors (Lipinski definition) is 2. The van der Waals surface area contributed by atoms with E-state index in [2.05, 4.69) is 4.98 Å². The van der Waals surface area contributed by atoms with Crippen LogP contribution in [-0.2, 0) is 4.79 Å². The number of carbonyl (C=O) groups is 2. The molecule has 4 heteroatoms. The number of H-pyrrole nitrogens is 1. The number of nitrogens with zero attached hydrogens (tertiary/aromatic N) is 1. The van der Waals surface area contributed by atoms with Gasteiger partial charge in [-0.2, -0.15) is 0 Å². The van der Waals surface area contributed by atoms with Crippen LogP contribution in [-0.4, -0.2) is 34.7 Å². The summed E-state index contributed by atoms with van der Waals surface area (Å²) in [4.78, 5) is 28.7. The predicted molar refractivity (Wildman–Crippen MR) is 73.0 cm³/mol. The summed E-state index contributed by atoms with van der Waals surface area (Å²) >= 11 is 0. The van der Waals surface area contributed by atoms with E-state index in [0.29, 0.717) is 18.7 Å². The number of para-hydroxylation sites is 1. The smallest absolute Gasteiger partial charge is 0.256 e. The predicted octanol–water partition coefficient (Wildman–Crippen LogP) is 2.22. The summed E-state index contributed by atoms with van der Waals surface area (Å²) in [7, 11) is 0. The summed E-state index contributed by atoms with van der Waals surface area (Å²) in [5.41, 5.74) is 1.66. The van der Waals surface area contributed by atoms with Crippen LogP contribution in [0.5, 0.6) is 0 Å². The highest BCUT2D eigenvalue weighted by molar-refractivity contribution is 6.06. The van der Waals surface area contributed by atoms with Gasteiger partial charge in [0.2, 0.25) is 0 Å². The standard InChI is InChI=1S/C15H16N2O2/c1-10(18)11-6-7-17(9-11)15(19)13-8-16-14-5-3-2-4-12(13)14/h2-5,8,11,16H,6-7,9H2,1H3/t11-/m1/s1. The van der Waals surface area contributed by atoms with E-state index in [9.17, 15) is 9.59 Å². The zero-order valence-electron chi connectivity index (χ0n) is 10.8. The van der Waals surface area contributed by atoms with E-state index >= 15 is 0 Å². The highest BCUT2D eigenvalue weighted by Crippen LogP contribution is 2.23. The van der Waals surface area contributed by atoms with Crippen LogP contribution in [0, 0.1) is 5.92 Å². The summed E-state index contributed by atoms with van der Waals surface area (Å²) in [6, 6.07) is 7.76. The molecule has 1 aliphatic rings. The molecule has 98 valence electrons. The Morgan fingerprint density at radius 1 is 1.32 bits per heavy atom. The highest BCUT2D eigenvalue weighted by atomic mass is 16.2. The molecule has 3 rings (SSSR count). The van der Waals surface area contributed by atoms with E-state index in [-0.39, 0.29) is 17.6 Å². The molecule has 1 N–H and O–H groups in total. The number of nitrogens with one attached hydrogen (secondary N) is 1. The van der Waals surface area contributed by atoms with E-state index < -0.39 is 0 Å². The molecule has 1 atom stereocenters. The Morgan fingerprint density at radius 3 is 2.84 bits per heavy atom. The molecule has 0 unspecified atom stereocenters. The number of likely N-dealkylation sites (tertiary alicyclic amines) is 1. The van der Waals surface area contributed by atoms with Crippen molar-refractivity contribution in [3.8, 4) is 0 Å². The quantitative estimate of drug-likeness (QED) is 0.895. The third-order valence-corrected chi connectivity index (χ3v) is 3.87. The Kier molecular flexibility index (Phi) is 2.85. The van der Waals surface area contributed by atoms with Crippen molar-refractivity contribution in [2.24, 2.45) is 5.92 Å². The maximum atomic E-state index is 12.5. The molecule has 0 bridgehead atoms. The number of Topliss-reactive ketones (excluding diaryl/α,β-unsaturated/α-hetero) is 1. The van der Waals surface area contributed by atoms with Gasteiger partial charge in [-0.25, -0.2) is 0 Å². The molecule has 1 aromatic carbocycles. The van der Waals surface area contributed by atoms with Crippen LogP contribution in [0.25, 0.3) is 10.9 Å². The second kappa shape index (κ2) is 4.53. The van der Waals surface area contributed by atoms with Crippen LogP contribution in [0.1, 0.15) is 23.7 Å². The Morgan fingerprint density at radius 2 is 2.11 bits per heavy atom. The van der Waals surface area contributed by atoms with Gasteiger partial charge in [0.25, 0.3) is 5.91 Å². The molecule has 1 amide bonds. The van der Waals surface area contributed by atoms with Crippen molar-refractivity contribution in [2.45, 2.75) is 13.3 Å². The molecule has 1 aliphatic heterocycles. The zero-order chi connectivity index (χ0) is 13.4. The molecule has 1 aromatic heterocycles. The highest BCUT2D eigenvalue weighted by Gasteiger charge is 2.30. The average molecular weight is 256 g/mol. The number of aromatic amines is 1. The fraction of sp³-hybridized carbons (Fsp3) is 0.333. The molecule has 2 aromatic rings. The topological polar surface area (TPSA) is 53.2 Å². The number of aromatic nitrogens is 1. The van der Waals surface area contributed by atoms with Crippen LogP contribution >= 0.6 is 0 Å². The first-order chi connectivity index (χ1) is 9.16. The van der Waals surface area contributed by atoms with Gasteiger partial charge in [0.05, 0.1) is 5.56 Å². The number of hydrogen-bond donors (Lipinski definition) is 1. The van der Waals surface area contributed by atoms with Crippen molar-refractivity contribution in [1.29, 1.82) is 0 Å². The van der Waals surface area contributed by atoms with Crippen molar-refractivity contribution in [1.82, 2.24) is 9.88 Å². The molecule has 0 radical (unpaired) electrons. The van der Waals surface area contributed by atoms with Gasteiger partial charge in [-0.1, -0.05) is 18.2 Å². The monoisotopic (exact) mass is 256 g/mol. The van der Waals surface area contributed by atoms with Crippen LogP contribution in [0.4, 0.5) is 0 Å². The second-order valence-corrected chi connectivity index (χ2v) is 5.10. The maximum absolute atomic E-state index is 12.5. The number of ketones is 1. The Hall–Kier alpha value is -2.10. The molecule has 0 spiro atoms. The SMILES string of the molecule is CC(=O)[C@@H]1CCN(C(=O)c2c[nH]c3ccccc23)C1. The van der Waals surface area contributed by atoms with Crippen molar-refractivity contribution in [3.63, 3.8) is 0 Å².